The van der Waals surface area contributed by atoms with Gasteiger partial charge in [0.1, 0.15) is 5.71 Å². The van der Waals surface area contributed by atoms with E-state index in [1.807, 2.05) is 0 Å². The van der Waals surface area contributed by atoms with Gasteiger partial charge in [0.05, 0.1) is 17.5 Å². The molecule has 1 aromatic rings. The molecule has 0 aliphatic carbocycles. The lowest BCUT2D eigenvalue weighted by Crippen LogP contribution is -2.42. The van der Waals surface area contributed by atoms with Crippen LogP contribution in [-0.4, -0.2) is 60.4 Å². The minimum atomic E-state index is -3.20. The van der Waals surface area contributed by atoms with Gasteiger partial charge in [-0.2, -0.15) is 5.10 Å². The van der Waals surface area contributed by atoms with E-state index in [4.69, 9.17) is 4.74 Å². The first-order valence-electron chi connectivity index (χ1n) is 8.77. The number of ether oxygens (including phenoxy) is 1. The van der Waals surface area contributed by atoms with Gasteiger partial charge in [-0.25, -0.2) is 18.2 Å². The van der Waals surface area contributed by atoms with Crippen LogP contribution in [0.2, 0.25) is 0 Å². The number of hydrogen-bond acceptors (Lipinski definition) is 7. The van der Waals surface area contributed by atoms with Crippen molar-refractivity contribution < 1.29 is 27.5 Å². The number of carbonyl (C=O) groups excluding carboxylic acids is 3. The zero-order chi connectivity index (χ0) is 20.5. The number of esters is 1. The number of carbonyl (C=O) groups is 3. The standard InChI is InChI=1S/C18H19BrN2O6S/c1-11(17(23)12-2-4-13(19)5-3-12)27-18(24)15-6-7-16(22)21(20-15)14-8-9-28(25,26)10-14/h2-5,11,14H,6-10H2,1H3/t11-,14+/m1/s1. The second-order valence-electron chi connectivity index (χ2n) is 6.76. The van der Waals surface area contributed by atoms with Crippen molar-refractivity contribution in [1.29, 1.82) is 0 Å². The van der Waals surface area contributed by atoms with Crippen LogP contribution in [0, 0.1) is 0 Å². The number of hydrogen-bond donors (Lipinski definition) is 0. The van der Waals surface area contributed by atoms with E-state index in [1.54, 1.807) is 24.3 Å². The van der Waals surface area contributed by atoms with E-state index < -0.39 is 28.0 Å². The number of hydrazone groups is 1. The third-order valence-corrected chi connectivity index (χ3v) is 6.91. The molecule has 1 saturated heterocycles. The lowest BCUT2D eigenvalue weighted by atomic mass is 10.1. The first-order valence-corrected chi connectivity index (χ1v) is 11.4. The average Bonchev–Trinajstić information content (AvgIpc) is 3.01. The summed E-state index contributed by atoms with van der Waals surface area (Å²) >= 11 is 3.29. The van der Waals surface area contributed by atoms with E-state index in [2.05, 4.69) is 21.0 Å². The molecule has 2 aliphatic heterocycles. The van der Waals surface area contributed by atoms with Crippen LogP contribution in [0.3, 0.4) is 0 Å². The maximum atomic E-state index is 12.4. The van der Waals surface area contributed by atoms with Crippen LogP contribution >= 0.6 is 15.9 Å². The molecule has 1 amide bonds. The summed E-state index contributed by atoms with van der Waals surface area (Å²) in [4.78, 5) is 36.9. The van der Waals surface area contributed by atoms with Crippen molar-refractivity contribution in [2.45, 2.75) is 38.3 Å². The Morgan fingerprint density at radius 1 is 1.25 bits per heavy atom. The lowest BCUT2D eigenvalue weighted by Gasteiger charge is -2.27. The average molecular weight is 471 g/mol. The second-order valence-corrected chi connectivity index (χ2v) is 9.90. The number of nitrogens with zero attached hydrogens (tertiary/aromatic N) is 2. The van der Waals surface area contributed by atoms with Crippen LogP contribution in [0.1, 0.15) is 36.5 Å². The minimum Gasteiger partial charge on any atom is -0.450 e. The largest absolute Gasteiger partial charge is 0.450 e. The van der Waals surface area contributed by atoms with Crippen LogP contribution < -0.4 is 0 Å². The molecule has 0 radical (unpaired) electrons. The van der Waals surface area contributed by atoms with Crippen LogP contribution in [0.5, 0.6) is 0 Å². The number of halogens is 1. The number of rotatable bonds is 5. The van der Waals surface area contributed by atoms with Crippen molar-refractivity contribution in [1.82, 2.24) is 5.01 Å². The van der Waals surface area contributed by atoms with Gasteiger partial charge in [0.25, 0.3) is 0 Å². The number of benzene rings is 1. The zero-order valence-electron chi connectivity index (χ0n) is 15.1. The molecular formula is C18H19BrN2O6S. The van der Waals surface area contributed by atoms with Crippen LogP contribution in [0.15, 0.2) is 33.8 Å². The highest BCUT2D eigenvalue weighted by atomic mass is 79.9. The lowest BCUT2D eigenvalue weighted by molar-refractivity contribution is -0.139. The maximum absolute atomic E-state index is 12.4. The number of sulfone groups is 1. The van der Waals surface area contributed by atoms with Crippen LogP contribution in [0.4, 0.5) is 0 Å². The van der Waals surface area contributed by atoms with Gasteiger partial charge in [-0.3, -0.25) is 9.59 Å². The summed E-state index contributed by atoms with van der Waals surface area (Å²) in [5, 5.41) is 5.14. The predicted octanol–water partition coefficient (Wildman–Crippen LogP) is 1.73. The Labute approximate surface area is 171 Å². The molecule has 0 bridgehead atoms. The molecule has 0 saturated carbocycles. The van der Waals surface area contributed by atoms with Gasteiger partial charge in [0, 0.05) is 22.9 Å². The summed E-state index contributed by atoms with van der Waals surface area (Å²) in [5.74, 6) is -1.63. The van der Waals surface area contributed by atoms with Gasteiger partial charge in [-0.05, 0) is 25.5 Å². The van der Waals surface area contributed by atoms with E-state index >= 15 is 0 Å². The fraction of sp³-hybridized carbons (Fsp3) is 0.444. The SMILES string of the molecule is C[C@@H](OC(=O)C1=NN([C@H]2CCS(=O)(=O)C2)C(=O)CC1)C(=O)c1ccc(Br)cc1. The third kappa shape index (κ3) is 4.67. The molecular weight excluding hydrogens is 452 g/mol. The van der Waals surface area contributed by atoms with Crippen molar-refractivity contribution in [2.75, 3.05) is 11.5 Å². The van der Waals surface area contributed by atoms with Crippen LogP contribution in [0.25, 0.3) is 0 Å². The topological polar surface area (TPSA) is 110 Å². The van der Waals surface area contributed by atoms with Crippen LogP contribution in [-0.2, 0) is 24.2 Å². The quantitative estimate of drug-likeness (QED) is 0.478. The normalized spacial score (nSPS) is 22.5. The highest BCUT2D eigenvalue weighted by Gasteiger charge is 2.37. The first-order chi connectivity index (χ1) is 13.2. The first kappa shape index (κ1) is 20.7. The van der Waals surface area contributed by atoms with E-state index in [0.29, 0.717) is 12.0 Å². The Morgan fingerprint density at radius 2 is 1.93 bits per heavy atom. The van der Waals surface area contributed by atoms with Gasteiger partial charge in [-0.15, -0.1) is 0 Å². The van der Waals surface area contributed by atoms with E-state index in [-0.39, 0.29) is 41.7 Å². The highest BCUT2D eigenvalue weighted by Crippen LogP contribution is 2.22. The molecule has 0 unspecified atom stereocenters. The van der Waals surface area contributed by atoms with Gasteiger partial charge in [-0.1, -0.05) is 28.1 Å². The van der Waals surface area contributed by atoms with Crippen molar-refractivity contribution in [3.05, 3.63) is 34.3 Å². The second kappa shape index (κ2) is 8.12. The zero-order valence-corrected chi connectivity index (χ0v) is 17.5. The van der Waals surface area contributed by atoms with Gasteiger partial charge >= 0.3 is 5.97 Å². The smallest absolute Gasteiger partial charge is 0.355 e. The number of ketones is 1. The predicted molar refractivity (Wildman–Crippen MR) is 105 cm³/mol. The third-order valence-electron chi connectivity index (χ3n) is 4.63. The van der Waals surface area contributed by atoms with Crippen molar-refractivity contribution >= 4 is 49.1 Å². The Kier molecular flexibility index (Phi) is 5.99. The molecule has 2 aliphatic rings. The molecule has 1 fully saturated rings. The summed E-state index contributed by atoms with van der Waals surface area (Å²) in [6.07, 6.45) is -0.598. The molecule has 2 heterocycles. The number of amides is 1. The summed E-state index contributed by atoms with van der Waals surface area (Å²) in [6, 6.07) is 6.10. The molecule has 3 rings (SSSR count). The molecule has 2 atom stereocenters. The molecule has 28 heavy (non-hydrogen) atoms. The van der Waals surface area contributed by atoms with Gasteiger partial charge in [0.2, 0.25) is 11.7 Å². The molecule has 10 heteroatoms. The Hall–Kier alpha value is -2.07. The molecule has 150 valence electrons. The molecule has 0 spiro atoms. The Morgan fingerprint density at radius 3 is 2.54 bits per heavy atom. The summed E-state index contributed by atoms with van der Waals surface area (Å²) in [7, 11) is -3.20. The fourth-order valence-electron chi connectivity index (χ4n) is 3.10. The van der Waals surface area contributed by atoms with Gasteiger partial charge < -0.3 is 4.74 Å². The highest BCUT2D eigenvalue weighted by molar-refractivity contribution is 9.10. The summed E-state index contributed by atoms with van der Waals surface area (Å²) < 4.78 is 29.4. The number of Topliss-reactive ketones (excluding diaryl/α,β-unsaturated/α-hetero) is 1. The summed E-state index contributed by atoms with van der Waals surface area (Å²) in [6.45, 7) is 1.47. The summed E-state index contributed by atoms with van der Waals surface area (Å²) in [5.41, 5.74) is 0.418. The molecule has 0 aromatic heterocycles. The van der Waals surface area contributed by atoms with E-state index in [0.717, 1.165) is 9.48 Å². The monoisotopic (exact) mass is 470 g/mol. The minimum absolute atomic E-state index is 0.00449. The van der Waals surface area contributed by atoms with Crippen molar-refractivity contribution in [3.63, 3.8) is 0 Å². The molecule has 8 nitrogen and oxygen atoms in total. The Balaban J connectivity index is 1.69. The molecule has 0 N–H and O–H groups in total. The van der Waals surface area contributed by atoms with E-state index in [9.17, 15) is 22.8 Å². The van der Waals surface area contributed by atoms with Crippen molar-refractivity contribution in [2.24, 2.45) is 5.10 Å². The fourth-order valence-corrected chi connectivity index (χ4v) is 5.06. The molecule has 1 aromatic carbocycles. The Bertz CT molecular complexity index is 941. The maximum Gasteiger partial charge on any atom is 0.355 e. The van der Waals surface area contributed by atoms with E-state index in [1.165, 1.54) is 6.92 Å². The van der Waals surface area contributed by atoms with Gasteiger partial charge in [0.15, 0.2) is 15.9 Å². The van der Waals surface area contributed by atoms with Crippen molar-refractivity contribution in [3.8, 4) is 0 Å².